The highest BCUT2D eigenvalue weighted by Gasteiger charge is 2.13. The van der Waals surface area contributed by atoms with Gasteiger partial charge in [0.1, 0.15) is 5.82 Å². The van der Waals surface area contributed by atoms with Crippen LogP contribution >= 0.6 is 0 Å². The lowest BCUT2D eigenvalue weighted by molar-refractivity contribution is 0.615. The molecule has 0 unspecified atom stereocenters. The third-order valence-corrected chi connectivity index (χ3v) is 3.37. The Hall–Kier alpha value is -2.76. The minimum atomic E-state index is -0.276. The van der Waals surface area contributed by atoms with Gasteiger partial charge in [0.25, 0.3) is 0 Å². The summed E-state index contributed by atoms with van der Waals surface area (Å²) in [7, 11) is 0. The Morgan fingerprint density at radius 3 is 2.81 bits per heavy atom. The van der Waals surface area contributed by atoms with Gasteiger partial charge in [0, 0.05) is 11.3 Å². The summed E-state index contributed by atoms with van der Waals surface area (Å²) < 4.78 is 14.9. The van der Waals surface area contributed by atoms with E-state index in [1.807, 2.05) is 31.2 Å². The lowest BCUT2D eigenvalue weighted by Gasteiger charge is -2.09. The predicted octanol–water partition coefficient (Wildman–Crippen LogP) is 2.42. The number of hydrogen-bond donors (Lipinski definition) is 1. The van der Waals surface area contributed by atoms with E-state index in [0.717, 1.165) is 16.7 Å². The summed E-state index contributed by atoms with van der Waals surface area (Å²) in [6, 6.07) is 12.0. The summed E-state index contributed by atoms with van der Waals surface area (Å²) in [4.78, 5) is 0. The second kappa shape index (κ2) is 5.32. The topological polar surface area (TPSA) is 69.6 Å². The fraction of sp³-hybridized carbons (Fsp3) is 0.133. The molecule has 0 fully saturated rings. The smallest absolute Gasteiger partial charge is 0.182 e. The van der Waals surface area contributed by atoms with Crippen LogP contribution in [-0.2, 0) is 6.54 Å². The zero-order valence-corrected chi connectivity index (χ0v) is 11.5. The molecule has 0 saturated heterocycles. The highest BCUT2D eigenvalue weighted by atomic mass is 19.1. The summed E-state index contributed by atoms with van der Waals surface area (Å²) in [6.07, 6.45) is 0. The zero-order chi connectivity index (χ0) is 14.8. The first-order valence-electron chi connectivity index (χ1n) is 6.51. The van der Waals surface area contributed by atoms with Gasteiger partial charge in [-0.1, -0.05) is 24.3 Å². The molecule has 0 spiro atoms. The average Bonchev–Trinajstić information content (AvgIpc) is 2.90. The zero-order valence-electron chi connectivity index (χ0n) is 11.5. The number of benzene rings is 2. The van der Waals surface area contributed by atoms with E-state index in [4.69, 9.17) is 5.73 Å². The van der Waals surface area contributed by atoms with Gasteiger partial charge in [-0.05, 0) is 46.7 Å². The van der Waals surface area contributed by atoms with Crippen LogP contribution in [0.25, 0.3) is 11.4 Å². The van der Waals surface area contributed by atoms with Crippen molar-refractivity contribution in [3.8, 4) is 11.4 Å². The molecule has 1 aromatic heterocycles. The monoisotopic (exact) mass is 283 g/mol. The van der Waals surface area contributed by atoms with E-state index in [-0.39, 0.29) is 5.82 Å². The maximum atomic E-state index is 13.3. The molecule has 0 atom stereocenters. The molecule has 0 amide bonds. The Morgan fingerprint density at radius 2 is 2.00 bits per heavy atom. The van der Waals surface area contributed by atoms with Crippen molar-refractivity contribution in [3.05, 3.63) is 59.4 Å². The minimum absolute atomic E-state index is 0.276. The van der Waals surface area contributed by atoms with E-state index in [1.165, 1.54) is 12.1 Å². The van der Waals surface area contributed by atoms with E-state index in [9.17, 15) is 4.39 Å². The Morgan fingerprint density at radius 1 is 1.19 bits per heavy atom. The van der Waals surface area contributed by atoms with Crippen molar-refractivity contribution in [2.45, 2.75) is 13.5 Å². The predicted molar refractivity (Wildman–Crippen MR) is 77.9 cm³/mol. The van der Waals surface area contributed by atoms with Crippen molar-refractivity contribution in [2.24, 2.45) is 0 Å². The molecule has 1 heterocycles. The summed E-state index contributed by atoms with van der Waals surface area (Å²) in [6.45, 7) is 2.32. The third kappa shape index (κ3) is 2.60. The molecular formula is C15H14FN5. The SMILES string of the molecule is Cc1c(N)cccc1-c1nnnn1Cc1cccc(F)c1. The van der Waals surface area contributed by atoms with Crippen LogP contribution in [0.15, 0.2) is 42.5 Å². The van der Waals surface area contributed by atoms with E-state index in [1.54, 1.807) is 10.7 Å². The molecule has 0 aliphatic carbocycles. The molecule has 3 rings (SSSR count). The Labute approximate surface area is 121 Å². The van der Waals surface area contributed by atoms with Crippen LogP contribution in [0.4, 0.5) is 10.1 Å². The van der Waals surface area contributed by atoms with Crippen LogP contribution in [-0.4, -0.2) is 20.2 Å². The molecule has 106 valence electrons. The van der Waals surface area contributed by atoms with Gasteiger partial charge >= 0.3 is 0 Å². The number of anilines is 1. The minimum Gasteiger partial charge on any atom is -0.398 e. The molecule has 0 radical (unpaired) electrons. The Kier molecular flexibility index (Phi) is 3.35. The number of nitrogens with two attached hydrogens (primary N) is 1. The van der Waals surface area contributed by atoms with Gasteiger partial charge in [-0.2, -0.15) is 0 Å². The number of hydrogen-bond acceptors (Lipinski definition) is 4. The van der Waals surface area contributed by atoms with Gasteiger partial charge < -0.3 is 5.73 Å². The first-order valence-corrected chi connectivity index (χ1v) is 6.51. The second-order valence-electron chi connectivity index (χ2n) is 4.81. The molecule has 0 aliphatic rings. The molecule has 21 heavy (non-hydrogen) atoms. The van der Waals surface area contributed by atoms with Crippen molar-refractivity contribution >= 4 is 5.69 Å². The molecule has 5 nitrogen and oxygen atoms in total. The van der Waals surface area contributed by atoms with E-state index < -0.39 is 0 Å². The van der Waals surface area contributed by atoms with Gasteiger partial charge in [-0.25, -0.2) is 9.07 Å². The molecule has 0 bridgehead atoms. The summed E-state index contributed by atoms with van der Waals surface area (Å²) in [5.74, 6) is 0.339. The number of rotatable bonds is 3. The molecule has 0 saturated carbocycles. The molecule has 0 aliphatic heterocycles. The second-order valence-corrected chi connectivity index (χ2v) is 4.81. The van der Waals surface area contributed by atoms with E-state index >= 15 is 0 Å². The number of nitrogen functional groups attached to an aromatic ring is 1. The van der Waals surface area contributed by atoms with Gasteiger partial charge in [0.05, 0.1) is 6.54 Å². The van der Waals surface area contributed by atoms with E-state index in [2.05, 4.69) is 15.5 Å². The first-order chi connectivity index (χ1) is 10.1. The van der Waals surface area contributed by atoms with Crippen molar-refractivity contribution in [2.75, 3.05) is 5.73 Å². The molecule has 2 N–H and O–H groups in total. The largest absolute Gasteiger partial charge is 0.398 e. The quantitative estimate of drug-likeness (QED) is 0.749. The Bertz CT molecular complexity index is 781. The van der Waals surface area contributed by atoms with Crippen LogP contribution in [0, 0.1) is 12.7 Å². The summed E-state index contributed by atoms with van der Waals surface area (Å²) in [5.41, 5.74) is 9.20. The van der Waals surface area contributed by atoms with Crippen molar-refractivity contribution in [1.29, 1.82) is 0 Å². The standard InChI is InChI=1S/C15H14FN5/c1-10-13(6-3-7-14(10)17)15-18-19-20-21(15)9-11-4-2-5-12(16)8-11/h2-8H,9,17H2,1H3. The highest BCUT2D eigenvalue weighted by Crippen LogP contribution is 2.25. The number of tetrazole rings is 1. The first kappa shape index (κ1) is 13.2. The van der Waals surface area contributed by atoms with Crippen LogP contribution in [0.3, 0.4) is 0 Å². The van der Waals surface area contributed by atoms with Crippen molar-refractivity contribution in [3.63, 3.8) is 0 Å². The number of halogens is 1. The van der Waals surface area contributed by atoms with Crippen molar-refractivity contribution in [1.82, 2.24) is 20.2 Å². The van der Waals surface area contributed by atoms with E-state index in [0.29, 0.717) is 18.1 Å². The van der Waals surface area contributed by atoms with Crippen LogP contribution in [0.5, 0.6) is 0 Å². The molecular weight excluding hydrogens is 269 g/mol. The molecule has 3 aromatic rings. The normalized spacial score (nSPS) is 10.8. The maximum Gasteiger partial charge on any atom is 0.182 e. The maximum absolute atomic E-state index is 13.3. The van der Waals surface area contributed by atoms with Gasteiger partial charge in [-0.3, -0.25) is 0 Å². The fourth-order valence-electron chi connectivity index (χ4n) is 2.21. The third-order valence-electron chi connectivity index (χ3n) is 3.37. The summed E-state index contributed by atoms with van der Waals surface area (Å²) >= 11 is 0. The van der Waals surface area contributed by atoms with Crippen LogP contribution in [0.2, 0.25) is 0 Å². The van der Waals surface area contributed by atoms with Crippen molar-refractivity contribution < 1.29 is 4.39 Å². The molecule has 6 heteroatoms. The van der Waals surface area contributed by atoms with Crippen LogP contribution in [0.1, 0.15) is 11.1 Å². The Balaban J connectivity index is 2.00. The fourth-order valence-corrected chi connectivity index (χ4v) is 2.21. The lowest BCUT2D eigenvalue weighted by Crippen LogP contribution is -2.06. The molecule has 2 aromatic carbocycles. The van der Waals surface area contributed by atoms with Gasteiger partial charge in [-0.15, -0.1) is 5.10 Å². The van der Waals surface area contributed by atoms with Gasteiger partial charge in [0.2, 0.25) is 0 Å². The summed E-state index contributed by atoms with van der Waals surface area (Å²) in [5, 5.41) is 11.8. The highest BCUT2D eigenvalue weighted by molar-refractivity contribution is 5.67. The van der Waals surface area contributed by atoms with Gasteiger partial charge in [0.15, 0.2) is 5.82 Å². The number of aromatic nitrogens is 4. The van der Waals surface area contributed by atoms with Crippen LogP contribution < -0.4 is 5.73 Å². The number of nitrogens with zero attached hydrogens (tertiary/aromatic N) is 4. The lowest BCUT2D eigenvalue weighted by atomic mass is 10.1. The average molecular weight is 283 g/mol.